The summed E-state index contributed by atoms with van der Waals surface area (Å²) in [6.07, 6.45) is 0.261. The number of carboxylic acids is 1. The smallest absolute Gasteiger partial charge is 0.326 e. The lowest BCUT2D eigenvalue weighted by Crippen LogP contribution is -2.48. The van der Waals surface area contributed by atoms with Crippen molar-refractivity contribution in [1.29, 1.82) is 0 Å². The van der Waals surface area contributed by atoms with Crippen LogP contribution in [0.3, 0.4) is 0 Å². The number of H-pyrrole nitrogens is 1. The molecule has 1 aliphatic rings. The summed E-state index contributed by atoms with van der Waals surface area (Å²) in [5.41, 5.74) is 2.89. The van der Waals surface area contributed by atoms with Crippen LogP contribution in [0.1, 0.15) is 27.5 Å². The summed E-state index contributed by atoms with van der Waals surface area (Å²) in [4.78, 5) is 29.0. The number of benzene rings is 1. The van der Waals surface area contributed by atoms with Gasteiger partial charge >= 0.3 is 5.97 Å². The van der Waals surface area contributed by atoms with Crippen LogP contribution in [0.25, 0.3) is 10.9 Å². The first-order valence-electron chi connectivity index (χ1n) is 7.60. The minimum atomic E-state index is -1.03. The fraction of sp³-hybridized carbons (Fsp3) is 0.235. The topological polar surface area (TPSA) is 99.4 Å². The lowest BCUT2D eigenvalue weighted by atomic mass is 9.96. The predicted molar refractivity (Wildman–Crippen MR) is 84.5 cm³/mol. The van der Waals surface area contributed by atoms with E-state index in [9.17, 15) is 14.7 Å². The number of aryl methyl sites for hydroxylation is 1. The second-order valence-corrected chi connectivity index (χ2v) is 5.94. The number of aliphatic carboxylic acids is 1. The molecule has 1 aromatic carbocycles. The highest BCUT2D eigenvalue weighted by Gasteiger charge is 2.37. The van der Waals surface area contributed by atoms with Crippen molar-refractivity contribution in [3.63, 3.8) is 0 Å². The van der Waals surface area contributed by atoms with Gasteiger partial charge in [-0.3, -0.25) is 4.79 Å². The van der Waals surface area contributed by atoms with Crippen LogP contribution in [0.2, 0.25) is 0 Å². The molecule has 24 heavy (non-hydrogen) atoms. The van der Waals surface area contributed by atoms with Crippen LogP contribution in [-0.4, -0.2) is 38.1 Å². The second-order valence-electron chi connectivity index (χ2n) is 5.94. The van der Waals surface area contributed by atoms with Crippen LogP contribution in [0.4, 0.5) is 0 Å². The molecule has 7 nitrogen and oxygen atoms in total. The van der Waals surface area contributed by atoms with Gasteiger partial charge in [-0.2, -0.15) is 0 Å². The van der Waals surface area contributed by atoms with Crippen molar-refractivity contribution < 1.29 is 19.2 Å². The van der Waals surface area contributed by atoms with Crippen molar-refractivity contribution in [1.82, 2.24) is 15.0 Å². The maximum atomic E-state index is 12.7. The van der Waals surface area contributed by atoms with Crippen LogP contribution < -0.4 is 0 Å². The van der Waals surface area contributed by atoms with Crippen molar-refractivity contribution in [3.8, 4) is 0 Å². The van der Waals surface area contributed by atoms with E-state index >= 15 is 0 Å². The van der Waals surface area contributed by atoms with E-state index in [-0.39, 0.29) is 18.7 Å². The number of hydrogen-bond acceptors (Lipinski definition) is 4. The average Bonchev–Trinajstić information content (AvgIpc) is 3.16. The van der Waals surface area contributed by atoms with Crippen molar-refractivity contribution in [3.05, 3.63) is 53.0 Å². The zero-order valence-corrected chi connectivity index (χ0v) is 12.9. The van der Waals surface area contributed by atoms with Crippen LogP contribution in [0.15, 0.2) is 34.9 Å². The highest BCUT2D eigenvalue weighted by atomic mass is 16.5. The van der Waals surface area contributed by atoms with Gasteiger partial charge in [-0.05, 0) is 18.6 Å². The molecule has 0 saturated carbocycles. The van der Waals surface area contributed by atoms with E-state index in [1.807, 2.05) is 24.3 Å². The van der Waals surface area contributed by atoms with Gasteiger partial charge in [-0.1, -0.05) is 23.4 Å². The van der Waals surface area contributed by atoms with E-state index in [1.165, 1.54) is 11.0 Å². The number of nitrogens with zero attached hydrogens (tertiary/aromatic N) is 2. The van der Waals surface area contributed by atoms with Gasteiger partial charge in [-0.25, -0.2) is 4.79 Å². The lowest BCUT2D eigenvalue weighted by molar-refractivity contribution is -0.142. The molecular formula is C17H15N3O4. The summed E-state index contributed by atoms with van der Waals surface area (Å²) in [6.45, 7) is 1.89. The molecule has 1 unspecified atom stereocenters. The van der Waals surface area contributed by atoms with Crippen molar-refractivity contribution in [2.45, 2.75) is 25.9 Å². The van der Waals surface area contributed by atoms with E-state index in [1.54, 1.807) is 6.92 Å². The summed E-state index contributed by atoms with van der Waals surface area (Å²) in [6, 6.07) is 8.32. The van der Waals surface area contributed by atoms with Crippen molar-refractivity contribution in [2.75, 3.05) is 0 Å². The van der Waals surface area contributed by atoms with Gasteiger partial charge < -0.3 is 19.5 Å². The number of aromatic nitrogens is 2. The fourth-order valence-corrected chi connectivity index (χ4v) is 3.26. The third-order valence-corrected chi connectivity index (χ3v) is 4.40. The predicted octanol–water partition coefficient (Wildman–Crippen LogP) is 2.12. The Morgan fingerprint density at radius 3 is 2.88 bits per heavy atom. The molecular weight excluding hydrogens is 310 g/mol. The fourth-order valence-electron chi connectivity index (χ4n) is 3.26. The Morgan fingerprint density at radius 1 is 1.38 bits per heavy atom. The molecule has 3 heterocycles. The number of carbonyl (C=O) groups is 2. The largest absolute Gasteiger partial charge is 0.480 e. The summed E-state index contributed by atoms with van der Waals surface area (Å²) >= 11 is 0. The Morgan fingerprint density at radius 2 is 2.17 bits per heavy atom. The molecule has 1 atom stereocenters. The molecule has 4 rings (SSSR count). The Hall–Kier alpha value is -3.09. The number of para-hydroxylation sites is 1. The molecule has 0 saturated heterocycles. The average molecular weight is 325 g/mol. The molecule has 122 valence electrons. The number of hydrogen-bond donors (Lipinski definition) is 2. The Bertz CT molecular complexity index is 956. The van der Waals surface area contributed by atoms with Crippen LogP contribution in [-0.2, 0) is 17.8 Å². The number of carbonyl (C=O) groups excluding carboxylic acids is 1. The van der Waals surface area contributed by atoms with Gasteiger partial charge in [0, 0.05) is 29.1 Å². The zero-order chi connectivity index (χ0) is 16.8. The van der Waals surface area contributed by atoms with E-state index in [2.05, 4.69) is 10.1 Å². The van der Waals surface area contributed by atoms with E-state index < -0.39 is 17.9 Å². The Kier molecular flexibility index (Phi) is 3.16. The number of nitrogens with one attached hydrogen (secondary N) is 1. The third-order valence-electron chi connectivity index (χ3n) is 4.40. The summed E-state index contributed by atoms with van der Waals surface area (Å²) < 4.78 is 4.94. The molecule has 1 amide bonds. The normalized spacial score (nSPS) is 17.0. The zero-order valence-electron chi connectivity index (χ0n) is 12.9. The van der Waals surface area contributed by atoms with Gasteiger partial charge in [0.1, 0.15) is 11.8 Å². The molecule has 0 radical (unpaired) electrons. The summed E-state index contributed by atoms with van der Waals surface area (Å²) in [5, 5.41) is 14.3. The Balaban J connectivity index is 1.77. The van der Waals surface area contributed by atoms with Gasteiger partial charge in [-0.15, -0.1) is 0 Å². The van der Waals surface area contributed by atoms with Crippen LogP contribution in [0.5, 0.6) is 0 Å². The molecule has 2 aromatic heterocycles. The molecule has 0 spiro atoms. The maximum absolute atomic E-state index is 12.7. The van der Waals surface area contributed by atoms with E-state index in [4.69, 9.17) is 4.52 Å². The van der Waals surface area contributed by atoms with E-state index in [0.717, 1.165) is 22.2 Å². The number of amides is 1. The first-order chi connectivity index (χ1) is 11.5. The van der Waals surface area contributed by atoms with Crippen LogP contribution >= 0.6 is 0 Å². The standard InChI is InChI=1S/C17H15N3O4/c1-9-6-13(19-24-9)16(21)20-8-14-11(7-15(20)17(22)23)10-4-2-3-5-12(10)18-14/h2-6,15,18H,7-8H2,1H3,(H,22,23). The number of carboxylic acid groups (broad SMARTS) is 1. The summed E-state index contributed by atoms with van der Waals surface area (Å²) in [7, 11) is 0. The molecule has 2 N–H and O–H groups in total. The lowest BCUT2D eigenvalue weighted by Gasteiger charge is -2.32. The number of aromatic amines is 1. The minimum Gasteiger partial charge on any atom is -0.480 e. The molecule has 7 heteroatoms. The highest BCUT2D eigenvalue weighted by Crippen LogP contribution is 2.31. The molecule has 0 fully saturated rings. The number of rotatable bonds is 2. The molecule has 3 aromatic rings. The van der Waals surface area contributed by atoms with Gasteiger partial charge in [0.25, 0.3) is 5.91 Å². The highest BCUT2D eigenvalue weighted by molar-refractivity contribution is 5.96. The van der Waals surface area contributed by atoms with Crippen molar-refractivity contribution >= 4 is 22.8 Å². The minimum absolute atomic E-state index is 0.123. The SMILES string of the molecule is Cc1cc(C(=O)N2Cc3[nH]c4ccccc4c3CC2C(=O)O)no1. The van der Waals surface area contributed by atoms with Gasteiger partial charge in [0.2, 0.25) is 0 Å². The number of fused-ring (bicyclic) bond motifs is 3. The summed E-state index contributed by atoms with van der Waals surface area (Å²) in [5.74, 6) is -0.961. The quantitative estimate of drug-likeness (QED) is 0.752. The second kappa shape index (κ2) is 5.23. The molecule has 1 aliphatic heterocycles. The molecule has 0 aliphatic carbocycles. The van der Waals surface area contributed by atoms with Crippen molar-refractivity contribution in [2.24, 2.45) is 0 Å². The maximum Gasteiger partial charge on any atom is 0.326 e. The first kappa shape index (κ1) is 14.5. The molecule has 0 bridgehead atoms. The first-order valence-corrected chi connectivity index (χ1v) is 7.60. The monoisotopic (exact) mass is 325 g/mol. The van der Waals surface area contributed by atoms with E-state index in [0.29, 0.717) is 5.76 Å². The Labute approximate surface area is 136 Å². The third kappa shape index (κ3) is 2.17. The van der Waals surface area contributed by atoms with Crippen LogP contribution in [0, 0.1) is 6.92 Å². The van der Waals surface area contributed by atoms with Gasteiger partial charge in [0.05, 0.1) is 6.54 Å². The van der Waals surface area contributed by atoms with Gasteiger partial charge in [0.15, 0.2) is 5.69 Å².